The minimum absolute atomic E-state index is 0.117. The summed E-state index contributed by atoms with van der Waals surface area (Å²) in [5, 5.41) is 0. The fraction of sp³-hybridized carbons (Fsp3) is 0.923. The number of hydrogen-bond acceptors (Lipinski definition) is 2. The molecule has 102 valence electrons. The molecule has 0 aromatic carbocycles. The SMILES string of the molecule is CCCN(C(=O)N(CC)CC)C(C)(CC)CN. The van der Waals surface area contributed by atoms with Crippen molar-refractivity contribution in [2.75, 3.05) is 26.2 Å². The second-order valence-corrected chi connectivity index (χ2v) is 4.66. The first-order chi connectivity index (χ1) is 8.00. The van der Waals surface area contributed by atoms with Crippen LogP contribution in [0.15, 0.2) is 0 Å². The zero-order valence-electron chi connectivity index (χ0n) is 12.1. The van der Waals surface area contributed by atoms with Crippen LogP contribution in [0.4, 0.5) is 4.79 Å². The van der Waals surface area contributed by atoms with E-state index in [1.54, 1.807) is 0 Å². The highest BCUT2D eigenvalue weighted by molar-refractivity contribution is 5.75. The van der Waals surface area contributed by atoms with Gasteiger partial charge < -0.3 is 15.5 Å². The quantitative estimate of drug-likeness (QED) is 0.746. The Morgan fingerprint density at radius 2 is 1.71 bits per heavy atom. The molecule has 0 bridgehead atoms. The van der Waals surface area contributed by atoms with Gasteiger partial charge in [0.1, 0.15) is 0 Å². The van der Waals surface area contributed by atoms with E-state index in [0.29, 0.717) is 6.54 Å². The van der Waals surface area contributed by atoms with E-state index in [9.17, 15) is 4.79 Å². The summed E-state index contributed by atoms with van der Waals surface area (Å²) in [5.41, 5.74) is 5.63. The zero-order valence-corrected chi connectivity index (χ0v) is 12.1. The minimum Gasteiger partial charge on any atom is -0.328 e. The van der Waals surface area contributed by atoms with Gasteiger partial charge in [-0.3, -0.25) is 0 Å². The maximum absolute atomic E-state index is 12.5. The molecule has 0 aliphatic carbocycles. The average Bonchev–Trinajstić information content (AvgIpc) is 2.36. The van der Waals surface area contributed by atoms with Gasteiger partial charge >= 0.3 is 6.03 Å². The Hall–Kier alpha value is -0.770. The number of rotatable bonds is 7. The molecule has 0 saturated carbocycles. The van der Waals surface area contributed by atoms with E-state index in [0.717, 1.165) is 32.5 Å². The van der Waals surface area contributed by atoms with Crippen molar-refractivity contribution in [2.45, 2.75) is 53.0 Å². The van der Waals surface area contributed by atoms with E-state index in [4.69, 9.17) is 5.73 Å². The Morgan fingerprint density at radius 1 is 1.18 bits per heavy atom. The normalized spacial score (nSPS) is 14.2. The first kappa shape index (κ1) is 16.2. The van der Waals surface area contributed by atoms with Gasteiger partial charge in [-0.15, -0.1) is 0 Å². The Bertz CT molecular complexity index is 223. The maximum atomic E-state index is 12.5. The van der Waals surface area contributed by atoms with Crippen molar-refractivity contribution in [1.82, 2.24) is 9.80 Å². The first-order valence-corrected chi connectivity index (χ1v) is 6.77. The van der Waals surface area contributed by atoms with Crippen LogP contribution < -0.4 is 5.73 Å². The van der Waals surface area contributed by atoms with Gasteiger partial charge in [-0.05, 0) is 33.6 Å². The highest BCUT2D eigenvalue weighted by atomic mass is 16.2. The summed E-state index contributed by atoms with van der Waals surface area (Å²) < 4.78 is 0. The van der Waals surface area contributed by atoms with Crippen molar-refractivity contribution in [1.29, 1.82) is 0 Å². The van der Waals surface area contributed by atoms with E-state index in [1.165, 1.54) is 0 Å². The van der Waals surface area contributed by atoms with Crippen LogP contribution in [0.3, 0.4) is 0 Å². The largest absolute Gasteiger partial charge is 0.328 e. The molecule has 0 aliphatic rings. The zero-order chi connectivity index (χ0) is 13.5. The standard InChI is InChI=1S/C13H29N3O/c1-6-10-16(13(5,7-2)11-14)12(17)15(8-3)9-4/h6-11,14H2,1-5H3. The molecular formula is C13H29N3O. The van der Waals surface area contributed by atoms with E-state index >= 15 is 0 Å². The fourth-order valence-corrected chi connectivity index (χ4v) is 1.93. The van der Waals surface area contributed by atoms with Crippen LogP contribution in [0, 0.1) is 0 Å². The van der Waals surface area contributed by atoms with Gasteiger partial charge in [-0.25, -0.2) is 4.79 Å². The van der Waals surface area contributed by atoms with Gasteiger partial charge in [0.05, 0.1) is 5.54 Å². The molecule has 0 fully saturated rings. The molecule has 0 radical (unpaired) electrons. The van der Waals surface area contributed by atoms with Gasteiger partial charge in [0, 0.05) is 26.2 Å². The molecule has 0 aliphatic heterocycles. The van der Waals surface area contributed by atoms with Crippen LogP contribution in [0.2, 0.25) is 0 Å². The summed E-state index contributed by atoms with van der Waals surface area (Å²) in [4.78, 5) is 16.3. The number of carbonyl (C=O) groups excluding carboxylic acids is 1. The topological polar surface area (TPSA) is 49.6 Å². The van der Waals surface area contributed by atoms with Crippen molar-refractivity contribution < 1.29 is 4.79 Å². The van der Waals surface area contributed by atoms with Crippen molar-refractivity contribution in [3.8, 4) is 0 Å². The highest BCUT2D eigenvalue weighted by Gasteiger charge is 2.33. The second kappa shape index (κ2) is 7.54. The fourth-order valence-electron chi connectivity index (χ4n) is 1.93. The van der Waals surface area contributed by atoms with Gasteiger partial charge in [0.2, 0.25) is 0 Å². The van der Waals surface area contributed by atoms with Crippen molar-refractivity contribution in [3.05, 3.63) is 0 Å². The van der Waals surface area contributed by atoms with Crippen LogP contribution in [-0.2, 0) is 0 Å². The predicted octanol–water partition coefficient (Wildman–Crippen LogP) is 2.29. The van der Waals surface area contributed by atoms with Gasteiger partial charge in [-0.1, -0.05) is 13.8 Å². The molecular weight excluding hydrogens is 214 g/mol. The molecule has 1 unspecified atom stereocenters. The number of nitrogens with two attached hydrogens (primary N) is 1. The Morgan fingerprint density at radius 3 is 2.00 bits per heavy atom. The third kappa shape index (κ3) is 3.87. The molecule has 1 atom stereocenters. The Labute approximate surface area is 106 Å². The van der Waals surface area contributed by atoms with Crippen molar-refractivity contribution in [3.63, 3.8) is 0 Å². The van der Waals surface area contributed by atoms with Gasteiger partial charge in [-0.2, -0.15) is 0 Å². The summed E-state index contributed by atoms with van der Waals surface area (Å²) in [6.45, 7) is 13.1. The van der Waals surface area contributed by atoms with Crippen molar-refractivity contribution >= 4 is 6.03 Å². The molecule has 0 heterocycles. The minimum atomic E-state index is -0.227. The van der Waals surface area contributed by atoms with E-state index in [-0.39, 0.29) is 11.6 Å². The molecule has 4 heteroatoms. The molecule has 17 heavy (non-hydrogen) atoms. The predicted molar refractivity (Wildman–Crippen MR) is 73.1 cm³/mol. The molecule has 0 spiro atoms. The third-order valence-electron chi connectivity index (χ3n) is 3.57. The molecule has 0 aromatic rings. The van der Waals surface area contributed by atoms with Crippen LogP contribution in [0.1, 0.15) is 47.5 Å². The summed E-state index contributed by atoms with van der Waals surface area (Å²) in [6, 6.07) is 0.117. The molecule has 2 N–H and O–H groups in total. The lowest BCUT2D eigenvalue weighted by Crippen LogP contribution is -2.58. The maximum Gasteiger partial charge on any atom is 0.320 e. The first-order valence-electron chi connectivity index (χ1n) is 6.77. The van der Waals surface area contributed by atoms with Crippen LogP contribution >= 0.6 is 0 Å². The Balaban J connectivity index is 5.00. The second-order valence-electron chi connectivity index (χ2n) is 4.66. The lowest BCUT2D eigenvalue weighted by atomic mass is 9.96. The van der Waals surface area contributed by atoms with Crippen LogP contribution in [0.5, 0.6) is 0 Å². The monoisotopic (exact) mass is 243 g/mol. The molecule has 2 amide bonds. The number of nitrogens with zero attached hydrogens (tertiary/aromatic N) is 2. The van der Waals surface area contributed by atoms with Crippen LogP contribution in [-0.4, -0.2) is 47.5 Å². The lowest BCUT2D eigenvalue weighted by molar-refractivity contribution is 0.0960. The van der Waals surface area contributed by atoms with E-state index < -0.39 is 0 Å². The smallest absolute Gasteiger partial charge is 0.320 e. The Kier molecular flexibility index (Phi) is 7.19. The summed E-state index contributed by atoms with van der Waals surface area (Å²) in [5.74, 6) is 0. The lowest BCUT2D eigenvalue weighted by Gasteiger charge is -2.42. The summed E-state index contributed by atoms with van der Waals surface area (Å²) in [6.07, 6.45) is 1.85. The number of amides is 2. The third-order valence-corrected chi connectivity index (χ3v) is 3.57. The molecule has 0 saturated heterocycles. The molecule has 4 nitrogen and oxygen atoms in total. The molecule has 0 rings (SSSR count). The number of hydrogen-bond donors (Lipinski definition) is 1. The summed E-state index contributed by atoms with van der Waals surface area (Å²) in [7, 11) is 0. The average molecular weight is 243 g/mol. The molecule has 0 aromatic heterocycles. The number of carbonyl (C=O) groups is 1. The van der Waals surface area contributed by atoms with E-state index in [1.807, 2.05) is 23.6 Å². The number of urea groups is 1. The van der Waals surface area contributed by atoms with Crippen molar-refractivity contribution in [2.24, 2.45) is 5.73 Å². The van der Waals surface area contributed by atoms with Gasteiger partial charge in [0.25, 0.3) is 0 Å². The summed E-state index contributed by atoms with van der Waals surface area (Å²) >= 11 is 0. The van der Waals surface area contributed by atoms with Gasteiger partial charge in [0.15, 0.2) is 0 Å². The van der Waals surface area contributed by atoms with E-state index in [2.05, 4.69) is 20.8 Å². The highest BCUT2D eigenvalue weighted by Crippen LogP contribution is 2.20. The van der Waals surface area contributed by atoms with Crippen LogP contribution in [0.25, 0.3) is 0 Å².